The van der Waals surface area contributed by atoms with Gasteiger partial charge in [0.15, 0.2) is 5.43 Å². The van der Waals surface area contributed by atoms with Crippen molar-refractivity contribution in [3.63, 3.8) is 0 Å². The van der Waals surface area contributed by atoms with E-state index in [1.807, 2.05) is 0 Å². The molecule has 1 aromatic heterocycles. The molecule has 0 amide bonds. The second kappa shape index (κ2) is 7.27. The van der Waals surface area contributed by atoms with Crippen molar-refractivity contribution in [2.24, 2.45) is 0 Å². The Hall–Kier alpha value is -2.36. The van der Waals surface area contributed by atoms with E-state index < -0.39 is 0 Å². The maximum atomic E-state index is 11.8. The minimum Gasteiger partial charge on any atom is -0.492 e. The number of benzene rings is 1. The van der Waals surface area contributed by atoms with Crippen molar-refractivity contribution in [1.82, 2.24) is 9.88 Å². The van der Waals surface area contributed by atoms with Gasteiger partial charge in [0.25, 0.3) is 0 Å². The number of ether oxygens (including phenoxy) is 2. The molecule has 1 fully saturated rings. The van der Waals surface area contributed by atoms with E-state index in [0.29, 0.717) is 28.8 Å². The van der Waals surface area contributed by atoms with Crippen molar-refractivity contribution in [2.75, 3.05) is 39.5 Å². The molecular weight excluding hydrogens is 294 g/mol. The quantitative estimate of drug-likeness (QED) is 0.846. The highest BCUT2D eigenvalue weighted by atomic mass is 16.5. The van der Waals surface area contributed by atoms with Gasteiger partial charge in [-0.1, -0.05) is 0 Å². The van der Waals surface area contributed by atoms with Gasteiger partial charge in [0.2, 0.25) is 0 Å². The molecular formula is C17H19N3O3. The molecule has 2 aromatic rings. The maximum Gasteiger partial charge on any atom is 0.189 e. The highest BCUT2D eigenvalue weighted by Gasteiger charge is 2.11. The van der Waals surface area contributed by atoms with Gasteiger partial charge in [-0.25, -0.2) is 0 Å². The van der Waals surface area contributed by atoms with Crippen LogP contribution in [-0.4, -0.2) is 49.3 Å². The lowest BCUT2D eigenvalue weighted by Gasteiger charge is -2.26. The topological polar surface area (TPSA) is 78.3 Å². The Morgan fingerprint density at radius 1 is 1.35 bits per heavy atom. The lowest BCUT2D eigenvalue weighted by atomic mass is 10.1. The number of fused-ring (bicyclic) bond motifs is 1. The van der Waals surface area contributed by atoms with Crippen LogP contribution in [0.4, 0.5) is 0 Å². The Morgan fingerprint density at radius 3 is 2.96 bits per heavy atom. The number of nitrogens with zero attached hydrogens (tertiary/aromatic N) is 2. The largest absolute Gasteiger partial charge is 0.492 e. The summed E-state index contributed by atoms with van der Waals surface area (Å²) in [6.45, 7) is 4.99. The van der Waals surface area contributed by atoms with E-state index in [1.165, 1.54) is 6.07 Å². The predicted molar refractivity (Wildman–Crippen MR) is 86.7 cm³/mol. The number of rotatable bonds is 5. The number of hydrogen-bond acceptors (Lipinski definition) is 5. The number of pyridine rings is 1. The zero-order chi connectivity index (χ0) is 16.1. The molecule has 1 N–H and O–H groups in total. The first-order valence-corrected chi connectivity index (χ1v) is 7.76. The Kier molecular flexibility index (Phi) is 4.91. The van der Waals surface area contributed by atoms with Crippen LogP contribution in [0.5, 0.6) is 5.75 Å². The van der Waals surface area contributed by atoms with Crippen molar-refractivity contribution in [2.45, 2.75) is 6.42 Å². The van der Waals surface area contributed by atoms with E-state index in [-0.39, 0.29) is 5.43 Å². The average Bonchev–Trinajstić information content (AvgIpc) is 2.59. The van der Waals surface area contributed by atoms with E-state index in [0.717, 1.165) is 39.3 Å². The summed E-state index contributed by atoms with van der Waals surface area (Å²) in [4.78, 5) is 17.2. The maximum absolute atomic E-state index is 11.8. The van der Waals surface area contributed by atoms with Gasteiger partial charge in [0.1, 0.15) is 11.8 Å². The van der Waals surface area contributed by atoms with Crippen molar-refractivity contribution in [3.05, 3.63) is 40.2 Å². The Labute approximate surface area is 134 Å². The number of H-pyrrole nitrogens is 1. The van der Waals surface area contributed by atoms with Gasteiger partial charge in [-0.3, -0.25) is 9.69 Å². The first-order valence-electron chi connectivity index (χ1n) is 7.76. The molecule has 120 valence electrons. The van der Waals surface area contributed by atoms with Crippen LogP contribution in [0.15, 0.2) is 29.2 Å². The lowest BCUT2D eigenvalue weighted by Crippen LogP contribution is -2.37. The first kappa shape index (κ1) is 15.5. The molecule has 0 unspecified atom stereocenters. The first-order chi connectivity index (χ1) is 11.3. The highest BCUT2D eigenvalue weighted by Crippen LogP contribution is 2.22. The summed E-state index contributed by atoms with van der Waals surface area (Å²) >= 11 is 0. The zero-order valence-electron chi connectivity index (χ0n) is 12.9. The van der Waals surface area contributed by atoms with Crippen LogP contribution < -0.4 is 10.2 Å². The number of nitriles is 1. The molecule has 2 heterocycles. The molecule has 1 aliphatic rings. The van der Waals surface area contributed by atoms with E-state index in [9.17, 15) is 10.1 Å². The fourth-order valence-electron chi connectivity index (χ4n) is 2.70. The normalized spacial score (nSPS) is 15.4. The molecule has 23 heavy (non-hydrogen) atoms. The van der Waals surface area contributed by atoms with Crippen LogP contribution >= 0.6 is 0 Å². The van der Waals surface area contributed by atoms with Crippen LogP contribution in [0.3, 0.4) is 0 Å². The summed E-state index contributed by atoms with van der Waals surface area (Å²) in [6.07, 6.45) is 2.48. The van der Waals surface area contributed by atoms with Gasteiger partial charge in [-0.15, -0.1) is 0 Å². The Bertz CT molecular complexity index is 773. The van der Waals surface area contributed by atoms with Crippen molar-refractivity contribution < 1.29 is 9.47 Å². The van der Waals surface area contributed by atoms with Crippen LogP contribution in [0.1, 0.15) is 12.0 Å². The zero-order valence-corrected chi connectivity index (χ0v) is 12.9. The van der Waals surface area contributed by atoms with E-state index >= 15 is 0 Å². The Balaban J connectivity index is 1.65. The van der Waals surface area contributed by atoms with Gasteiger partial charge in [-0.05, 0) is 12.5 Å². The molecule has 0 saturated carbocycles. The molecule has 6 nitrogen and oxygen atoms in total. The van der Waals surface area contributed by atoms with Crippen LogP contribution in [0, 0.1) is 11.3 Å². The van der Waals surface area contributed by atoms with Gasteiger partial charge >= 0.3 is 0 Å². The smallest absolute Gasteiger partial charge is 0.189 e. The SMILES string of the molecule is N#Cc1cc2c(=O)cc[nH]c2cc1OCCCN1CCOCC1. The summed E-state index contributed by atoms with van der Waals surface area (Å²) in [6, 6.07) is 6.87. The Morgan fingerprint density at radius 2 is 2.17 bits per heavy atom. The average molecular weight is 313 g/mol. The fourth-order valence-corrected chi connectivity index (χ4v) is 2.70. The van der Waals surface area contributed by atoms with Gasteiger partial charge in [-0.2, -0.15) is 5.26 Å². The van der Waals surface area contributed by atoms with Crippen LogP contribution in [0.25, 0.3) is 10.9 Å². The lowest BCUT2D eigenvalue weighted by molar-refractivity contribution is 0.0358. The molecule has 0 bridgehead atoms. The van der Waals surface area contributed by atoms with E-state index in [1.54, 1.807) is 18.3 Å². The van der Waals surface area contributed by atoms with Crippen molar-refractivity contribution >= 4 is 10.9 Å². The number of nitrogens with one attached hydrogen (secondary N) is 1. The second-order valence-corrected chi connectivity index (χ2v) is 5.50. The third-order valence-electron chi connectivity index (χ3n) is 3.96. The molecule has 1 saturated heterocycles. The fraction of sp³-hybridized carbons (Fsp3) is 0.412. The molecule has 3 rings (SSSR count). The minimum atomic E-state index is -0.103. The molecule has 6 heteroatoms. The van der Waals surface area contributed by atoms with Crippen molar-refractivity contribution in [3.8, 4) is 11.8 Å². The predicted octanol–water partition coefficient (Wildman–Crippen LogP) is 1.50. The van der Waals surface area contributed by atoms with Gasteiger partial charge in [0, 0.05) is 43.4 Å². The highest BCUT2D eigenvalue weighted by molar-refractivity contribution is 5.82. The van der Waals surface area contributed by atoms with Gasteiger partial charge in [0.05, 0.1) is 30.9 Å². The molecule has 0 atom stereocenters. The number of aromatic nitrogens is 1. The van der Waals surface area contributed by atoms with Crippen LogP contribution in [0.2, 0.25) is 0 Å². The molecule has 0 spiro atoms. The number of morpholine rings is 1. The summed E-state index contributed by atoms with van der Waals surface area (Å²) in [5.74, 6) is 0.517. The monoisotopic (exact) mass is 313 g/mol. The molecule has 0 radical (unpaired) electrons. The number of aromatic amines is 1. The summed E-state index contributed by atoms with van der Waals surface area (Å²) in [5.41, 5.74) is 0.967. The molecule has 1 aromatic carbocycles. The minimum absolute atomic E-state index is 0.103. The third-order valence-corrected chi connectivity index (χ3v) is 3.96. The summed E-state index contributed by atoms with van der Waals surface area (Å²) in [7, 11) is 0. The molecule has 0 aliphatic carbocycles. The van der Waals surface area contributed by atoms with E-state index in [2.05, 4.69) is 16.0 Å². The van der Waals surface area contributed by atoms with Crippen LogP contribution in [-0.2, 0) is 4.74 Å². The third kappa shape index (κ3) is 3.70. The van der Waals surface area contributed by atoms with Gasteiger partial charge < -0.3 is 14.5 Å². The van der Waals surface area contributed by atoms with E-state index in [4.69, 9.17) is 9.47 Å². The van der Waals surface area contributed by atoms with Crippen molar-refractivity contribution in [1.29, 1.82) is 5.26 Å². The number of hydrogen-bond donors (Lipinski definition) is 1. The summed E-state index contributed by atoms with van der Waals surface area (Å²) in [5, 5.41) is 9.77. The second-order valence-electron chi connectivity index (χ2n) is 5.50. The summed E-state index contributed by atoms with van der Waals surface area (Å²) < 4.78 is 11.1. The molecule has 1 aliphatic heterocycles. The standard InChI is InChI=1S/C17H19N3O3/c18-12-13-10-14-15(19-3-2-16(14)21)11-17(13)23-7-1-4-20-5-8-22-9-6-20/h2-3,10-11H,1,4-9H2,(H,19,21).